The summed E-state index contributed by atoms with van der Waals surface area (Å²) in [5, 5.41) is 1.44. The first-order valence-corrected chi connectivity index (χ1v) is 9.69. The van der Waals surface area contributed by atoms with Crippen molar-refractivity contribution in [3.63, 3.8) is 0 Å². The van der Waals surface area contributed by atoms with E-state index in [1.807, 2.05) is 0 Å². The lowest BCUT2D eigenvalue weighted by atomic mass is 9.74. The summed E-state index contributed by atoms with van der Waals surface area (Å²) >= 11 is 6.12. The molecule has 0 spiro atoms. The Morgan fingerprint density at radius 1 is 1.26 bits per heavy atom. The molecule has 1 N–H and O–H groups in total. The third-order valence-corrected chi connectivity index (χ3v) is 6.87. The summed E-state index contributed by atoms with van der Waals surface area (Å²) in [4.78, 5) is 3.79. The highest BCUT2D eigenvalue weighted by Crippen LogP contribution is 2.48. The molecular formula is C20H28ClN2+. The van der Waals surface area contributed by atoms with E-state index in [0.29, 0.717) is 6.04 Å². The van der Waals surface area contributed by atoms with Crippen LogP contribution in [0.3, 0.4) is 0 Å². The Labute approximate surface area is 144 Å². The normalized spacial score (nSPS) is 33.4. The van der Waals surface area contributed by atoms with Crippen LogP contribution in [0.2, 0.25) is 0 Å². The van der Waals surface area contributed by atoms with E-state index in [4.69, 9.17) is 11.6 Å². The van der Waals surface area contributed by atoms with E-state index in [9.17, 15) is 0 Å². The molecule has 0 bridgehead atoms. The van der Waals surface area contributed by atoms with Crippen molar-refractivity contribution in [2.45, 2.75) is 38.6 Å². The van der Waals surface area contributed by atoms with Gasteiger partial charge in [-0.05, 0) is 30.4 Å². The molecule has 1 unspecified atom stereocenters. The van der Waals surface area contributed by atoms with E-state index in [0.717, 1.165) is 17.7 Å². The second-order valence-electron chi connectivity index (χ2n) is 7.86. The SMILES string of the molecule is CC[C@H]1C[N+]2(C)CCc3c([nH]c4ccccc34)[C@@H]2C[C@@H]1CCCl. The fourth-order valence-corrected chi connectivity index (χ4v) is 5.60. The van der Waals surface area contributed by atoms with Gasteiger partial charge in [-0.25, -0.2) is 0 Å². The lowest BCUT2D eigenvalue weighted by Gasteiger charge is -2.52. The van der Waals surface area contributed by atoms with Crippen molar-refractivity contribution in [3.05, 3.63) is 35.5 Å². The van der Waals surface area contributed by atoms with Crippen LogP contribution in [0, 0.1) is 11.8 Å². The molecule has 0 amide bonds. The predicted octanol–water partition coefficient (Wildman–Crippen LogP) is 4.89. The van der Waals surface area contributed by atoms with Gasteiger partial charge in [0, 0.05) is 35.5 Å². The molecular weight excluding hydrogens is 304 g/mol. The lowest BCUT2D eigenvalue weighted by Crippen LogP contribution is -2.58. The number of likely N-dealkylation sites (N-methyl/N-ethyl adjacent to an activating group) is 1. The highest BCUT2D eigenvalue weighted by atomic mass is 35.5. The van der Waals surface area contributed by atoms with E-state index < -0.39 is 0 Å². The molecule has 3 heterocycles. The van der Waals surface area contributed by atoms with E-state index in [-0.39, 0.29) is 0 Å². The summed E-state index contributed by atoms with van der Waals surface area (Å²) in [6, 6.07) is 9.45. The lowest BCUT2D eigenvalue weighted by molar-refractivity contribution is -0.951. The number of aromatic amines is 1. The number of piperidine rings is 1. The number of para-hydroxylation sites is 1. The molecule has 2 aliphatic rings. The number of hydrogen-bond donors (Lipinski definition) is 1. The van der Waals surface area contributed by atoms with E-state index in [1.165, 1.54) is 59.9 Å². The number of benzene rings is 1. The van der Waals surface area contributed by atoms with Crippen LogP contribution in [0.15, 0.2) is 24.3 Å². The fraction of sp³-hybridized carbons (Fsp3) is 0.600. The van der Waals surface area contributed by atoms with Gasteiger partial charge in [0.15, 0.2) is 0 Å². The molecule has 124 valence electrons. The number of fused-ring (bicyclic) bond motifs is 5. The summed E-state index contributed by atoms with van der Waals surface area (Å²) in [5.41, 5.74) is 4.42. The molecule has 1 fully saturated rings. The van der Waals surface area contributed by atoms with Crippen molar-refractivity contribution >= 4 is 22.5 Å². The van der Waals surface area contributed by atoms with Crippen molar-refractivity contribution in [3.8, 4) is 0 Å². The van der Waals surface area contributed by atoms with Crippen LogP contribution in [-0.4, -0.2) is 35.5 Å². The highest BCUT2D eigenvalue weighted by molar-refractivity contribution is 6.17. The maximum absolute atomic E-state index is 6.12. The van der Waals surface area contributed by atoms with Gasteiger partial charge in [-0.2, -0.15) is 0 Å². The maximum atomic E-state index is 6.12. The van der Waals surface area contributed by atoms with Gasteiger partial charge in [-0.1, -0.05) is 25.1 Å². The molecule has 2 aromatic rings. The zero-order chi connectivity index (χ0) is 16.0. The number of nitrogens with one attached hydrogen (secondary N) is 1. The number of nitrogens with zero attached hydrogens (tertiary/aromatic N) is 1. The Bertz CT molecular complexity index is 707. The first-order valence-electron chi connectivity index (χ1n) is 9.16. The summed E-state index contributed by atoms with van der Waals surface area (Å²) < 4.78 is 1.22. The molecule has 1 aromatic carbocycles. The van der Waals surface area contributed by atoms with Gasteiger partial charge < -0.3 is 9.47 Å². The summed E-state index contributed by atoms with van der Waals surface area (Å²) in [7, 11) is 2.48. The van der Waals surface area contributed by atoms with Gasteiger partial charge >= 0.3 is 0 Å². The van der Waals surface area contributed by atoms with Crippen LogP contribution in [0.4, 0.5) is 0 Å². The van der Waals surface area contributed by atoms with Gasteiger partial charge in [0.05, 0.1) is 25.8 Å². The number of rotatable bonds is 3. The molecule has 3 heteroatoms. The number of alkyl halides is 1. The zero-order valence-electron chi connectivity index (χ0n) is 14.3. The molecule has 1 saturated heterocycles. The maximum Gasteiger partial charge on any atom is 0.130 e. The van der Waals surface area contributed by atoms with Crippen LogP contribution in [0.25, 0.3) is 10.9 Å². The van der Waals surface area contributed by atoms with E-state index >= 15 is 0 Å². The summed E-state index contributed by atoms with van der Waals surface area (Å²) in [5.74, 6) is 2.42. The van der Waals surface area contributed by atoms with Crippen molar-refractivity contribution in [2.24, 2.45) is 11.8 Å². The Morgan fingerprint density at radius 3 is 2.87 bits per heavy atom. The quantitative estimate of drug-likeness (QED) is 0.609. The smallest absolute Gasteiger partial charge is 0.130 e. The van der Waals surface area contributed by atoms with Crippen LogP contribution >= 0.6 is 11.6 Å². The third kappa shape index (κ3) is 2.42. The topological polar surface area (TPSA) is 15.8 Å². The van der Waals surface area contributed by atoms with Crippen LogP contribution in [-0.2, 0) is 6.42 Å². The van der Waals surface area contributed by atoms with Crippen LogP contribution in [0.5, 0.6) is 0 Å². The van der Waals surface area contributed by atoms with E-state index in [1.54, 1.807) is 5.56 Å². The van der Waals surface area contributed by atoms with Gasteiger partial charge in [-0.15, -0.1) is 11.6 Å². The predicted molar refractivity (Wildman–Crippen MR) is 97.9 cm³/mol. The minimum atomic E-state index is 0.627. The monoisotopic (exact) mass is 331 g/mol. The van der Waals surface area contributed by atoms with E-state index in [2.05, 4.69) is 43.2 Å². The Hall–Kier alpha value is -0.990. The summed E-state index contributed by atoms with van der Waals surface area (Å²) in [6.07, 6.45) is 4.97. The molecule has 23 heavy (non-hydrogen) atoms. The van der Waals surface area contributed by atoms with Gasteiger partial charge in [0.2, 0.25) is 0 Å². The number of aromatic nitrogens is 1. The molecule has 4 atom stereocenters. The molecule has 0 saturated carbocycles. The fourth-order valence-electron chi connectivity index (χ4n) is 5.32. The Morgan fingerprint density at radius 2 is 2.09 bits per heavy atom. The zero-order valence-corrected chi connectivity index (χ0v) is 15.1. The molecule has 2 aliphatic heterocycles. The van der Waals surface area contributed by atoms with Crippen molar-refractivity contribution in [2.75, 3.05) is 26.0 Å². The first-order chi connectivity index (χ1) is 11.2. The molecule has 2 nitrogen and oxygen atoms in total. The van der Waals surface area contributed by atoms with Crippen molar-refractivity contribution in [1.29, 1.82) is 0 Å². The molecule has 4 rings (SSSR count). The minimum Gasteiger partial charge on any atom is -0.353 e. The molecule has 0 radical (unpaired) electrons. The third-order valence-electron chi connectivity index (χ3n) is 6.65. The second-order valence-corrected chi connectivity index (χ2v) is 8.23. The Kier molecular flexibility index (Phi) is 3.93. The number of hydrogen-bond acceptors (Lipinski definition) is 0. The average Bonchev–Trinajstić information content (AvgIpc) is 2.93. The first kappa shape index (κ1) is 15.5. The van der Waals surface area contributed by atoms with Crippen molar-refractivity contribution < 1.29 is 4.48 Å². The van der Waals surface area contributed by atoms with Gasteiger partial charge in [0.25, 0.3) is 0 Å². The van der Waals surface area contributed by atoms with Gasteiger partial charge in [-0.3, -0.25) is 0 Å². The highest BCUT2D eigenvalue weighted by Gasteiger charge is 2.48. The van der Waals surface area contributed by atoms with Crippen LogP contribution in [0.1, 0.15) is 43.5 Å². The standard InChI is InChI=1S/C20H28ClN2/c1-3-14-13-23(2)11-9-17-16-6-4-5-7-18(16)22-20(17)19(23)12-15(14)8-10-21/h4-7,14-15,19,22H,3,8-13H2,1-2H3/q+1/t14-,15-,19-,23?/m0/s1. The Balaban J connectivity index is 1.76. The van der Waals surface area contributed by atoms with Crippen LogP contribution < -0.4 is 0 Å². The molecule has 1 aromatic heterocycles. The number of halogens is 1. The van der Waals surface area contributed by atoms with Gasteiger partial charge in [0.1, 0.15) is 6.04 Å². The largest absolute Gasteiger partial charge is 0.353 e. The number of quaternary nitrogens is 1. The molecule has 0 aliphatic carbocycles. The average molecular weight is 332 g/mol. The second kappa shape index (κ2) is 5.82. The summed E-state index contributed by atoms with van der Waals surface area (Å²) in [6.45, 7) is 4.96. The minimum absolute atomic E-state index is 0.627. The van der Waals surface area contributed by atoms with Crippen molar-refractivity contribution in [1.82, 2.24) is 4.98 Å². The number of H-pyrrole nitrogens is 1.